The van der Waals surface area contributed by atoms with Crippen molar-refractivity contribution in [1.29, 1.82) is 0 Å². The van der Waals surface area contributed by atoms with Gasteiger partial charge in [-0.05, 0) is 23.8 Å². The van der Waals surface area contributed by atoms with Crippen LogP contribution in [0.5, 0.6) is 5.75 Å². The Balaban J connectivity index is 1.99. The third kappa shape index (κ3) is 4.15. The summed E-state index contributed by atoms with van der Waals surface area (Å²) in [4.78, 5) is 17.4. The Bertz CT molecular complexity index is 929. The zero-order chi connectivity index (χ0) is 17.6. The minimum Gasteiger partial charge on any atom is -0.497 e. The van der Waals surface area contributed by atoms with Gasteiger partial charge in [-0.15, -0.1) is 0 Å². The molecule has 0 aliphatic heterocycles. The van der Waals surface area contributed by atoms with Crippen LogP contribution in [0.3, 0.4) is 0 Å². The van der Waals surface area contributed by atoms with E-state index in [4.69, 9.17) is 9.47 Å². The first kappa shape index (κ1) is 17.4. The van der Waals surface area contributed by atoms with E-state index in [1.54, 1.807) is 14.2 Å². The van der Waals surface area contributed by atoms with Crippen molar-refractivity contribution in [3.05, 3.63) is 58.9 Å². The van der Waals surface area contributed by atoms with E-state index in [0.29, 0.717) is 24.4 Å². The molecular weight excluding hydrogens is 336 g/mol. The van der Waals surface area contributed by atoms with Gasteiger partial charge < -0.3 is 14.0 Å². The quantitative estimate of drug-likeness (QED) is 0.682. The number of nitrogens with zero attached hydrogens (tertiary/aromatic N) is 2. The molecule has 0 unspecified atom stereocenters. The summed E-state index contributed by atoms with van der Waals surface area (Å²) in [6.07, 6.45) is 0.294. The number of benzene rings is 2. The Morgan fingerprint density at radius 2 is 1.96 bits per heavy atom. The zero-order valence-corrected chi connectivity index (χ0v) is 15.1. The third-order valence-electron chi connectivity index (χ3n) is 3.83. The van der Waals surface area contributed by atoms with E-state index in [0.717, 1.165) is 21.5 Å². The molecule has 0 atom stereocenters. The number of ether oxygens (including phenoxy) is 2. The van der Waals surface area contributed by atoms with Crippen LogP contribution >= 0.6 is 11.3 Å². The molecule has 5 nitrogen and oxygen atoms in total. The summed E-state index contributed by atoms with van der Waals surface area (Å²) in [5, 5.41) is 0. The highest BCUT2D eigenvalue weighted by molar-refractivity contribution is 7.16. The monoisotopic (exact) mass is 356 g/mol. The van der Waals surface area contributed by atoms with Crippen LogP contribution < -0.4 is 9.54 Å². The molecule has 3 aromatic rings. The zero-order valence-electron chi connectivity index (χ0n) is 14.3. The van der Waals surface area contributed by atoms with Crippen molar-refractivity contribution in [3.8, 4) is 5.75 Å². The van der Waals surface area contributed by atoms with Crippen LogP contribution in [0.25, 0.3) is 10.2 Å². The van der Waals surface area contributed by atoms with Crippen LogP contribution in [-0.4, -0.2) is 31.3 Å². The lowest BCUT2D eigenvalue weighted by molar-refractivity contribution is -0.117. The molecule has 0 saturated carbocycles. The molecule has 130 valence electrons. The summed E-state index contributed by atoms with van der Waals surface area (Å²) in [5.74, 6) is 0.630. The van der Waals surface area contributed by atoms with E-state index in [-0.39, 0.29) is 5.91 Å². The van der Waals surface area contributed by atoms with E-state index in [1.807, 2.05) is 53.1 Å². The number of rotatable bonds is 6. The average molecular weight is 356 g/mol. The molecule has 25 heavy (non-hydrogen) atoms. The molecule has 0 bridgehead atoms. The van der Waals surface area contributed by atoms with Crippen molar-refractivity contribution in [2.45, 2.75) is 13.0 Å². The Morgan fingerprint density at radius 3 is 2.68 bits per heavy atom. The number of carbonyl (C=O) groups is 1. The van der Waals surface area contributed by atoms with Gasteiger partial charge in [-0.25, -0.2) is 0 Å². The topological polar surface area (TPSA) is 52.8 Å². The third-order valence-corrected chi connectivity index (χ3v) is 4.87. The van der Waals surface area contributed by atoms with E-state index in [1.165, 1.54) is 11.3 Å². The first-order valence-electron chi connectivity index (χ1n) is 7.99. The number of fused-ring (bicyclic) bond motifs is 1. The predicted molar refractivity (Wildman–Crippen MR) is 99.0 cm³/mol. The molecule has 0 saturated heterocycles. The molecule has 0 N–H and O–H groups in total. The van der Waals surface area contributed by atoms with E-state index < -0.39 is 0 Å². The summed E-state index contributed by atoms with van der Waals surface area (Å²) in [6.45, 7) is 1.19. The highest BCUT2D eigenvalue weighted by Gasteiger charge is 2.09. The fraction of sp³-hybridized carbons (Fsp3) is 0.263. The molecule has 1 heterocycles. The maximum absolute atomic E-state index is 12.4. The molecular formula is C19H20N2O3S. The number of amides is 1. The summed E-state index contributed by atoms with van der Waals surface area (Å²) in [5.41, 5.74) is 1.98. The highest BCUT2D eigenvalue weighted by atomic mass is 32.1. The van der Waals surface area contributed by atoms with Crippen molar-refractivity contribution in [2.24, 2.45) is 4.99 Å². The minimum atomic E-state index is -0.157. The lowest BCUT2D eigenvalue weighted by atomic mass is 10.1. The van der Waals surface area contributed by atoms with E-state index in [9.17, 15) is 4.79 Å². The van der Waals surface area contributed by atoms with Crippen LogP contribution in [0.15, 0.2) is 53.5 Å². The normalized spacial score (nSPS) is 11.8. The van der Waals surface area contributed by atoms with E-state index >= 15 is 0 Å². The number of aromatic nitrogens is 1. The lowest BCUT2D eigenvalue weighted by Gasteiger charge is -2.05. The van der Waals surface area contributed by atoms with Gasteiger partial charge in [-0.1, -0.05) is 41.7 Å². The van der Waals surface area contributed by atoms with Crippen molar-refractivity contribution in [1.82, 2.24) is 4.57 Å². The van der Waals surface area contributed by atoms with Gasteiger partial charge in [0.2, 0.25) is 0 Å². The smallest absolute Gasteiger partial charge is 0.252 e. The van der Waals surface area contributed by atoms with Gasteiger partial charge in [0.25, 0.3) is 5.91 Å². The Labute approximate surface area is 150 Å². The first-order chi connectivity index (χ1) is 12.2. The van der Waals surface area contributed by atoms with Gasteiger partial charge in [0.1, 0.15) is 5.75 Å². The number of hydrogen-bond donors (Lipinski definition) is 0. The molecule has 0 aliphatic rings. The molecule has 0 radical (unpaired) electrons. The largest absolute Gasteiger partial charge is 0.497 e. The van der Waals surface area contributed by atoms with Crippen molar-refractivity contribution >= 4 is 27.5 Å². The lowest BCUT2D eigenvalue weighted by Crippen LogP contribution is -2.19. The summed E-state index contributed by atoms with van der Waals surface area (Å²) < 4.78 is 13.5. The molecule has 6 heteroatoms. The van der Waals surface area contributed by atoms with Gasteiger partial charge in [0, 0.05) is 13.7 Å². The second-order valence-corrected chi connectivity index (χ2v) is 6.54. The van der Waals surface area contributed by atoms with Gasteiger partial charge >= 0.3 is 0 Å². The standard InChI is InChI=1S/C19H20N2O3S/c1-23-11-10-21-16-9-8-15(24-2)13-17(16)25-19(21)20-18(22)12-14-6-4-3-5-7-14/h3-9,13H,10-12H2,1-2H3. The Hall–Kier alpha value is -2.44. The molecule has 1 amide bonds. The first-order valence-corrected chi connectivity index (χ1v) is 8.80. The van der Waals surface area contributed by atoms with Crippen LogP contribution in [0.1, 0.15) is 5.56 Å². The van der Waals surface area contributed by atoms with Crippen LogP contribution in [0.2, 0.25) is 0 Å². The van der Waals surface area contributed by atoms with Crippen molar-refractivity contribution < 1.29 is 14.3 Å². The van der Waals surface area contributed by atoms with Crippen LogP contribution in [0, 0.1) is 0 Å². The maximum atomic E-state index is 12.4. The number of thiazole rings is 1. The molecule has 2 aromatic carbocycles. The molecule has 0 aliphatic carbocycles. The van der Waals surface area contributed by atoms with Crippen LogP contribution in [0.4, 0.5) is 0 Å². The number of hydrogen-bond acceptors (Lipinski definition) is 4. The average Bonchev–Trinajstić information content (AvgIpc) is 2.96. The van der Waals surface area contributed by atoms with Gasteiger partial charge in [0.05, 0.1) is 30.4 Å². The van der Waals surface area contributed by atoms with Crippen molar-refractivity contribution in [3.63, 3.8) is 0 Å². The maximum Gasteiger partial charge on any atom is 0.252 e. The van der Waals surface area contributed by atoms with E-state index in [2.05, 4.69) is 4.99 Å². The second-order valence-electron chi connectivity index (χ2n) is 5.53. The Kier molecular flexibility index (Phi) is 5.63. The second kappa shape index (κ2) is 8.09. The minimum absolute atomic E-state index is 0.157. The summed E-state index contributed by atoms with van der Waals surface area (Å²) in [7, 11) is 3.30. The molecule has 3 rings (SSSR count). The van der Waals surface area contributed by atoms with Crippen LogP contribution in [-0.2, 0) is 22.5 Å². The fourth-order valence-electron chi connectivity index (χ4n) is 2.58. The van der Waals surface area contributed by atoms with Gasteiger partial charge in [0.15, 0.2) is 4.80 Å². The summed E-state index contributed by atoms with van der Waals surface area (Å²) in [6, 6.07) is 15.5. The van der Waals surface area contributed by atoms with Crippen molar-refractivity contribution in [2.75, 3.05) is 20.8 Å². The Morgan fingerprint density at radius 1 is 1.16 bits per heavy atom. The highest BCUT2D eigenvalue weighted by Crippen LogP contribution is 2.23. The number of methoxy groups -OCH3 is 2. The molecule has 1 aromatic heterocycles. The molecule has 0 spiro atoms. The van der Waals surface area contributed by atoms with Gasteiger partial charge in [-0.3, -0.25) is 4.79 Å². The predicted octanol–water partition coefficient (Wildman–Crippen LogP) is 3.03. The fourth-order valence-corrected chi connectivity index (χ4v) is 3.68. The van der Waals surface area contributed by atoms with Gasteiger partial charge in [-0.2, -0.15) is 4.99 Å². The SMILES string of the molecule is COCCn1c(=NC(=O)Cc2ccccc2)sc2cc(OC)ccc21. The molecule has 0 fully saturated rings. The number of carbonyl (C=O) groups excluding carboxylic acids is 1. The summed E-state index contributed by atoms with van der Waals surface area (Å²) >= 11 is 1.48.